The number of hydrogen-bond donors (Lipinski definition) is 1. The van der Waals surface area contributed by atoms with E-state index in [2.05, 4.69) is 5.32 Å². The molecule has 1 unspecified atom stereocenters. The van der Waals surface area contributed by atoms with Crippen LogP contribution in [0.2, 0.25) is 0 Å². The van der Waals surface area contributed by atoms with Crippen molar-refractivity contribution in [1.82, 2.24) is 5.32 Å². The number of rotatable bonds is 6. The van der Waals surface area contributed by atoms with Crippen LogP contribution in [0.4, 0.5) is 5.69 Å². The lowest BCUT2D eigenvalue weighted by molar-refractivity contribution is 0.0905. The van der Waals surface area contributed by atoms with Crippen molar-refractivity contribution in [3.05, 3.63) is 59.2 Å². The van der Waals surface area contributed by atoms with Gasteiger partial charge in [0, 0.05) is 25.3 Å². The third kappa shape index (κ3) is 3.99. The molecule has 3 rings (SSSR count). The molecule has 1 atom stereocenters. The molecule has 1 amide bonds. The number of methoxy groups -OCH3 is 1. The topological polar surface area (TPSA) is 75.7 Å². The second kappa shape index (κ2) is 7.70. The van der Waals surface area contributed by atoms with Crippen LogP contribution in [0.3, 0.4) is 0 Å². The van der Waals surface area contributed by atoms with E-state index in [-0.39, 0.29) is 16.8 Å². The SMILES string of the molecule is COCC(C)NC(=O)c1ccc2c(c1)CCN2S(=O)(=O)c1ccc(C)cc1. The van der Waals surface area contributed by atoms with Crippen molar-refractivity contribution < 1.29 is 17.9 Å². The van der Waals surface area contributed by atoms with Crippen LogP contribution in [0.5, 0.6) is 0 Å². The summed E-state index contributed by atoms with van der Waals surface area (Å²) in [5.74, 6) is -0.192. The number of carbonyl (C=O) groups excluding carboxylic acids is 1. The van der Waals surface area contributed by atoms with Crippen LogP contribution in [-0.4, -0.2) is 40.6 Å². The molecule has 27 heavy (non-hydrogen) atoms. The van der Waals surface area contributed by atoms with Crippen molar-refractivity contribution in [2.45, 2.75) is 31.2 Å². The molecular formula is C20H24N2O4S. The Kier molecular flexibility index (Phi) is 5.53. The number of ether oxygens (including phenoxy) is 1. The van der Waals surface area contributed by atoms with Crippen LogP contribution >= 0.6 is 0 Å². The molecule has 0 fully saturated rings. The van der Waals surface area contributed by atoms with Crippen LogP contribution in [-0.2, 0) is 21.2 Å². The summed E-state index contributed by atoms with van der Waals surface area (Å²) < 4.78 is 32.4. The molecule has 144 valence electrons. The number of anilines is 1. The van der Waals surface area contributed by atoms with Gasteiger partial charge in [0.1, 0.15) is 0 Å². The van der Waals surface area contributed by atoms with Gasteiger partial charge >= 0.3 is 0 Å². The fourth-order valence-electron chi connectivity index (χ4n) is 3.20. The predicted molar refractivity (Wildman–Crippen MR) is 105 cm³/mol. The molecule has 0 spiro atoms. The average Bonchev–Trinajstić information content (AvgIpc) is 3.06. The summed E-state index contributed by atoms with van der Waals surface area (Å²) in [6, 6.07) is 11.9. The first-order chi connectivity index (χ1) is 12.8. The van der Waals surface area contributed by atoms with Gasteiger partial charge in [-0.2, -0.15) is 0 Å². The van der Waals surface area contributed by atoms with E-state index in [0.29, 0.717) is 30.8 Å². The maximum atomic E-state index is 13.0. The smallest absolute Gasteiger partial charge is 0.264 e. The number of hydrogen-bond acceptors (Lipinski definition) is 4. The summed E-state index contributed by atoms with van der Waals surface area (Å²) in [7, 11) is -2.03. The van der Waals surface area contributed by atoms with Crippen molar-refractivity contribution in [3.63, 3.8) is 0 Å². The molecule has 2 aromatic rings. The minimum atomic E-state index is -3.61. The highest BCUT2D eigenvalue weighted by Crippen LogP contribution is 2.33. The van der Waals surface area contributed by atoms with Gasteiger partial charge in [0.2, 0.25) is 0 Å². The molecule has 1 N–H and O–H groups in total. The minimum absolute atomic E-state index is 0.103. The van der Waals surface area contributed by atoms with E-state index in [1.54, 1.807) is 49.6 Å². The number of carbonyl (C=O) groups is 1. The Morgan fingerprint density at radius 3 is 2.59 bits per heavy atom. The van der Waals surface area contributed by atoms with Gasteiger partial charge in [-0.25, -0.2) is 8.42 Å². The number of benzene rings is 2. The van der Waals surface area contributed by atoms with Gasteiger partial charge in [-0.1, -0.05) is 17.7 Å². The van der Waals surface area contributed by atoms with Crippen molar-refractivity contribution in [2.75, 3.05) is 24.6 Å². The lowest BCUT2D eigenvalue weighted by Crippen LogP contribution is -2.35. The molecular weight excluding hydrogens is 364 g/mol. The summed E-state index contributed by atoms with van der Waals surface area (Å²) in [6.07, 6.45) is 0.579. The maximum absolute atomic E-state index is 13.0. The van der Waals surface area contributed by atoms with E-state index in [9.17, 15) is 13.2 Å². The lowest BCUT2D eigenvalue weighted by atomic mass is 10.1. The normalized spacial score (nSPS) is 14.7. The minimum Gasteiger partial charge on any atom is -0.383 e. The summed E-state index contributed by atoms with van der Waals surface area (Å²) in [5, 5.41) is 2.87. The molecule has 1 aliphatic rings. The fraction of sp³-hybridized carbons (Fsp3) is 0.350. The number of nitrogens with one attached hydrogen (secondary N) is 1. The zero-order valence-electron chi connectivity index (χ0n) is 15.7. The van der Waals surface area contributed by atoms with E-state index >= 15 is 0 Å². The summed E-state index contributed by atoms with van der Waals surface area (Å²) in [5.41, 5.74) is 3.02. The first-order valence-electron chi connectivity index (χ1n) is 8.85. The second-order valence-electron chi connectivity index (χ2n) is 6.81. The Morgan fingerprint density at radius 1 is 1.22 bits per heavy atom. The highest BCUT2D eigenvalue weighted by Gasteiger charge is 2.31. The highest BCUT2D eigenvalue weighted by molar-refractivity contribution is 7.92. The molecule has 6 nitrogen and oxygen atoms in total. The van der Waals surface area contributed by atoms with Gasteiger partial charge < -0.3 is 10.1 Å². The molecule has 0 saturated carbocycles. The quantitative estimate of drug-likeness (QED) is 0.825. The van der Waals surface area contributed by atoms with E-state index in [4.69, 9.17) is 4.74 Å². The number of fused-ring (bicyclic) bond motifs is 1. The third-order valence-electron chi connectivity index (χ3n) is 4.60. The average molecular weight is 388 g/mol. The number of sulfonamides is 1. The molecule has 0 aliphatic carbocycles. The Labute approximate surface area is 160 Å². The van der Waals surface area contributed by atoms with E-state index in [1.165, 1.54) is 4.31 Å². The van der Waals surface area contributed by atoms with Crippen LogP contribution in [0, 0.1) is 6.92 Å². The van der Waals surface area contributed by atoms with Crippen molar-refractivity contribution in [3.8, 4) is 0 Å². The second-order valence-corrected chi connectivity index (χ2v) is 8.68. The van der Waals surface area contributed by atoms with Crippen LogP contribution in [0.1, 0.15) is 28.4 Å². The monoisotopic (exact) mass is 388 g/mol. The first-order valence-corrected chi connectivity index (χ1v) is 10.3. The van der Waals surface area contributed by atoms with Crippen LogP contribution in [0.15, 0.2) is 47.4 Å². The van der Waals surface area contributed by atoms with Crippen LogP contribution in [0.25, 0.3) is 0 Å². The number of amides is 1. The van der Waals surface area contributed by atoms with E-state index in [0.717, 1.165) is 11.1 Å². The summed E-state index contributed by atoms with van der Waals surface area (Å²) >= 11 is 0. The zero-order valence-corrected chi connectivity index (χ0v) is 16.5. The molecule has 0 bridgehead atoms. The maximum Gasteiger partial charge on any atom is 0.264 e. The largest absolute Gasteiger partial charge is 0.383 e. The molecule has 0 saturated heterocycles. The molecule has 7 heteroatoms. The molecule has 0 radical (unpaired) electrons. The van der Waals surface area contributed by atoms with Crippen molar-refractivity contribution in [2.24, 2.45) is 0 Å². The van der Waals surface area contributed by atoms with Gasteiger partial charge in [0.05, 0.1) is 17.2 Å². The highest BCUT2D eigenvalue weighted by atomic mass is 32.2. The zero-order chi connectivity index (χ0) is 19.6. The van der Waals surface area contributed by atoms with E-state index in [1.807, 2.05) is 13.8 Å². The van der Waals surface area contributed by atoms with Gasteiger partial charge in [0.15, 0.2) is 0 Å². The van der Waals surface area contributed by atoms with Crippen molar-refractivity contribution >= 4 is 21.6 Å². The predicted octanol–water partition coefficient (Wildman–Crippen LogP) is 2.51. The molecule has 0 aromatic heterocycles. The van der Waals surface area contributed by atoms with Crippen LogP contribution < -0.4 is 9.62 Å². The summed E-state index contributed by atoms with van der Waals surface area (Å²) in [4.78, 5) is 12.6. The Hall–Kier alpha value is -2.38. The first kappa shape index (κ1) is 19.4. The molecule has 1 aliphatic heterocycles. The van der Waals surface area contributed by atoms with Gasteiger partial charge in [-0.05, 0) is 56.2 Å². The Bertz CT molecular complexity index is 939. The lowest BCUT2D eigenvalue weighted by Gasteiger charge is -2.20. The number of nitrogens with zero attached hydrogens (tertiary/aromatic N) is 1. The molecule has 2 aromatic carbocycles. The van der Waals surface area contributed by atoms with E-state index < -0.39 is 10.0 Å². The Balaban J connectivity index is 1.84. The third-order valence-corrected chi connectivity index (χ3v) is 6.43. The van der Waals surface area contributed by atoms with Gasteiger partial charge in [-0.15, -0.1) is 0 Å². The standard InChI is InChI=1S/C20H24N2O4S/c1-14-4-7-18(8-5-14)27(24,25)22-11-10-16-12-17(6-9-19(16)22)20(23)21-15(2)13-26-3/h4-9,12,15H,10-11,13H2,1-3H3,(H,21,23). The Morgan fingerprint density at radius 2 is 1.93 bits per heavy atom. The van der Waals surface area contributed by atoms with Gasteiger partial charge in [-0.3, -0.25) is 9.10 Å². The fourth-order valence-corrected chi connectivity index (χ4v) is 4.70. The number of aryl methyl sites for hydroxylation is 1. The summed E-state index contributed by atoms with van der Waals surface area (Å²) in [6.45, 7) is 4.59. The van der Waals surface area contributed by atoms with Gasteiger partial charge in [0.25, 0.3) is 15.9 Å². The molecule has 1 heterocycles. The van der Waals surface area contributed by atoms with Crippen molar-refractivity contribution in [1.29, 1.82) is 0 Å².